The molecular weight excluding hydrogens is 234 g/mol. The Hall–Kier alpha value is -0.680. The van der Waals surface area contributed by atoms with E-state index in [-0.39, 0.29) is 11.7 Å². The minimum Gasteiger partial charge on any atom is -0.268 e. The van der Waals surface area contributed by atoms with E-state index in [1.54, 1.807) is 4.57 Å². The molecule has 0 bridgehead atoms. The lowest BCUT2D eigenvalue weighted by molar-refractivity contribution is 0.534. The van der Waals surface area contributed by atoms with E-state index in [2.05, 4.69) is 16.8 Å². The molecular formula is C9H14ClN3OS. The first-order chi connectivity index (χ1) is 7.06. The van der Waals surface area contributed by atoms with Gasteiger partial charge in [0.2, 0.25) is 0 Å². The van der Waals surface area contributed by atoms with Crippen LogP contribution in [0.1, 0.15) is 19.9 Å². The Labute approximate surface area is 97.7 Å². The highest BCUT2D eigenvalue weighted by Gasteiger charge is 2.11. The molecule has 0 aliphatic heterocycles. The summed E-state index contributed by atoms with van der Waals surface area (Å²) in [5.74, 6) is 1.11. The molecule has 1 rings (SSSR count). The number of hydrogen-bond donors (Lipinski definition) is 1. The summed E-state index contributed by atoms with van der Waals surface area (Å²) in [4.78, 5) is 11.4. The first kappa shape index (κ1) is 12.4. The van der Waals surface area contributed by atoms with Gasteiger partial charge in [0.15, 0.2) is 5.16 Å². The third-order valence-corrected chi connectivity index (χ3v) is 3.26. The molecule has 0 saturated heterocycles. The Morgan fingerprint density at radius 1 is 1.73 bits per heavy atom. The molecule has 0 unspecified atom stereocenters. The van der Waals surface area contributed by atoms with Gasteiger partial charge < -0.3 is 0 Å². The van der Waals surface area contributed by atoms with Gasteiger partial charge in [-0.15, -0.1) is 16.7 Å². The first-order valence-corrected chi connectivity index (χ1v) is 6.10. The van der Waals surface area contributed by atoms with Crippen LogP contribution in [0.15, 0.2) is 22.1 Å². The SMILES string of the molecule is C=C(CCl)CSc1n[nH]c(=O)n1C(C)C. The second-order valence-corrected chi connectivity index (χ2v) is 4.66. The van der Waals surface area contributed by atoms with E-state index in [0.29, 0.717) is 16.8 Å². The number of rotatable bonds is 5. The van der Waals surface area contributed by atoms with Crippen LogP contribution in [0.5, 0.6) is 0 Å². The second-order valence-electron chi connectivity index (χ2n) is 3.45. The highest BCUT2D eigenvalue weighted by molar-refractivity contribution is 7.99. The van der Waals surface area contributed by atoms with Crippen molar-refractivity contribution < 1.29 is 0 Å². The van der Waals surface area contributed by atoms with Crippen molar-refractivity contribution in [1.82, 2.24) is 14.8 Å². The number of nitrogens with one attached hydrogen (secondary N) is 1. The number of aromatic nitrogens is 3. The number of hydrogen-bond acceptors (Lipinski definition) is 3. The van der Waals surface area contributed by atoms with E-state index in [1.807, 2.05) is 13.8 Å². The van der Waals surface area contributed by atoms with Gasteiger partial charge in [-0.2, -0.15) is 0 Å². The summed E-state index contributed by atoms with van der Waals surface area (Å²) in [6.07, 6.45) is 0. The first-order valence-electron chi connectivity index (χ1n) is 4.58. The topological polar surface area (TPSA) is 50.7 Å². The Balaban J connectivity index is 2.77. The number of H-pyrrole nitrogens is 1. The van der Waals surface area contributed by atoms with Crippen LogP contribution in [0, 0.1) is 0 Å². The molecule has 0 aromatic carbocycles. The lowest BCUT2D eigenvalue weighted by atomic mass is 10.4. The summed E-state index contributed by atoms with van der Waals surface area (Å²) in [5.41, 5.74) is 0.747. The van der Waals surface area contributed by atoms with Gasteiger partial charge in [-0.3, -0.25) is 4.57 Å². The Kier molecular flexibility index (Phi) is 4.47. The van der Waals surface area contributed by atoms with E-state index in [1.165, 1.54) is 11.8 Å². The summed E-state index contributed by atoms with van der Waals surface area (Å²) in [6.45, 7) is 7.68. The molecule has 0 fully saturated rings. The van der Waals surface area contributed by atoms with Crippen LogP contribution in [-0.2, 0) is 0 Å². The predicted octanol–water partition coefficient (Wildman–Crippen LogP) is 2.04. The lowest BCUT2D eigenvalue weighted by Gasteiger charge is -2.08. The van der Waals surface area contributed by atoms with Crippen molar-refractivity contribution >= 4 is 23.4 Å². The highest BCUT2D eigenvalue weighted by Crippen LogP contribution is 2.19. The third-order valence-electron chi connectivity index (χ3n) is 1.78. The number of aromatic amines is 1. The van der Waals surface area contributed by atoms with Gasteiger partial charge in [0, 0.05) is 17.7 Å². The summed E-state index contributed by atoms with van der Waals surface area (Å²) in [6, 6.07) is 0.100. The van der Waals surface area contributed by atoms with Crippen molar-refractivity contribution in [3.8, 4) is 0 Å². The van der Waals surface area contributed by atoms with Crippen LogP contribution in [0.2, 0.25) is 0 Å². The van der Waals surface area contributed by atoms with Crippen LogP contribution in [0.3, 0.4) is 0 Å². The van der Waals surface area contributed by atoms with Gasteiger partial charge in [-0.1, -0.05) is 23.9 Å². The van der Waals surface area contributed by atoms with Crippen LogP contribution in [-0.4, -0.2) is 26.4 Å². The van der Waals surface area contributed by atoms with Crippen LogP contribution >= 0.6 is 23.4 Å². The Bertz CT molecular complexity index is 396. The molecule has 0 amide bonds. The molecule has 0 aliphatic carbocycles. The van der Waals surface area contributed by atoms with E-state index in [4.69, 9.17) is 11.6 Å². The zero-order valence-electron chi connectivity index (χ0n) is 8.79. The maximum absolute atomic E-state index is 11.4. The largest absolute Gasteiger partial charge is 0.344 e. The Morgan fingerprint density at radius 2 is 2.40 bits per heavy atom. The van der Waals surface area contributed by atoms with E-state index in [9.17, 15) is 4.79 Å². The quantitative estimate of drug-likeness (QED) is 0.492. The van der Waals surface area contributed by atoms with Crippen molar-refractivity contribution in [3.05, 3.63) is 22.6 Å². The van der Waals surface area contributed by atoms with Crippen molar-refractivity contribution in [2.45, 2.75) is 25.0 Å². The van der Waals surface area contributed by atoms with Crippen molar-refractivity contribution in [1.29, 1.82) is 0 Å². The van der Waals surface area contributed by atoms with Gasteiger partial charge in [-0.05, 0) is 13.8 Å². The summed E-state index contributed by atoms with van der Waals surface area (Å²) in [7, 11) is 0. The van der Waals surface area contributed by atoms with Gasteiger partial charge in [0.1, 0.15) is 0 Å². The van der Waals surface area contributed by atoms with Crippen LogP contribution < -0.4 is 5.69 Å². The fourth-order valence-electron chi connectivity index (χ4n) is 1.05. The summed E-state index contributed by atoms with van der Waals surface area (Å²) in [5, 5.41) is 7.06. The Morgan fingerprint density at radius 3 is 2.93 bits per heavy atom. The maximum atomic E-state index is 11.4. The normalized spacial score (nSPS) is 10.9. The number of alkyl halides is 1. The average molecular weight is 248 g/mol. The second kappa shape index (κ2) is 5.42. The van der Waals surface area contributed by atoms with Crippen molar-refractivity contribution in [2.75, 3.05) is 11.6 Å². The molecule has 1 aromatic rings. The number of halogens is 1. The molecule has 15 heavy (non-hydrogen) atoms. The standard InChI is InChI=1S/C9H14ClN3OS/c1-6(2)13-8(14)11-12-9(13)15-5-7(3)4-10/h6H,3-5H2,1-2H3,(H,11,14). The smallest absolute Gasteiger partial charge is 0.268 e. The molecule has 1 heterocycles. The highest BCUT2D eigenvalue weighted by atomic mass is 35.5. The molecule has 1 aromatic heterocycles. The minimum atomic E-state index is -0.177. The molecule has 0 radical (unpaired) electrons. The fourth-order valence-corrected chi connectivity index (χ4v) is 2.24. The molecule has 1 N–H and O–H groups in total. The molecule has 0 atom stereocenters. The zero-order valence-corrected chi connectivity index (χ0v) is 10.4. The van der Waals surface area contributed by atoms with Crippen molar-refractivity contribution in [3.63, 3.8) is 0 Å². The summed E-state index contributed by atoms with van der Waals surface area (Å²) >= 11 is 7.08. The van der Waals surface area contributed by atoms with E-state index in [0.717, 1.165) is 5.57 Å². The minimum absolute atomic E-state index is 0.100. The average Bonchev–Trinajstić information content (AvgIpc) is 2.56. The van der Waals surface area contributed by atoms with Crippen LogP contribution in [0.25, 0.3) is 0 Å². The van der Waals surface area contributed by atoms with Crippen LogP contribution in [0.4, 0.5) is 0 Å². The fraction of sp³-hybridized carbons (Fsp3) is 0.556. The van der Waals surface area contributed by atoms with Gasteiger partial charge in [0.25, 0.3) is 0 Å². The van der Waals surface area contributed by atoms with E-state index >= 15 is 0 Å². The lowest BCUT2D eigenvalue weighted by Crippen LogP contribution is -2.19. The third kappa shape index (κ3) is 3.14. The molecule has 0 spiro atoms. The van der Waals surface area contributed by atoms with Gasteiger partial charge in [-0.25, -0.2) is 9.89 Å². The van der Waals surface area contributed by atoms with Gasteiger partial charge in [0.05, 0.1) is 0 Å². The molecule has 84 valence electrons. The van der Waals surface area contributed by atoms with E-state index < -0.39 is 0 Å². The maximum Gasteiger partial charge on any atom is 0.344 e. The predicted molar refractivity (Wildman–Crippen MR) is 63.8 cm³/mol. The van der Waals surface area contributed by atoms with Gasteiger partial charge >= 0.3 is 5.69 Å². The zero-order chi connectivity index (χ0) is 11.4. The molecule has 0 aliphatic rings. The molecule has 6 heteroatoms. The molecule has 4 nitrogen and oxygen atoms in total. The molecule has 0 saturated carbocycles. The number of nitrogens with zero attached hydrogens (tertiary/aromatic N) is 2. The monoisotopic (exact) mass is 247 g/mol. The summed E-state index contributed by atoms with van der Waals surface area (Å²) < 4.78 is 1.62. The number of thioether (sulfide) groups is 1. The van der Waals surface area contributed by atoms with Crippen molar-refractivity contribution in [2.24, 2.45) is 0 Å².